The number of nitrogens with one attached hydrogen (secondary N) is 2. The van der Waals surface area contributed by atoms with Crippen LogP contribution in [-0.2, 0) is 9.59 Å². The second-order valence-corrected chi connectivity index (χ2v) is 5.59. The third kappa shape index (κ3) is 3.45. The smallest absolute Gasteiger partial charge is 0.309 e. The van der Waals surface area contributed by atoms with Crippen molar-refractivity contribution >= 4 is 11.8 Å². The summed E-state index contributed by atoms with van der Waals surface area (Å²) in [5.74, 6) is -1.10. The molecule has 2 fully saturated rings. The first-order valence-electron chi connectivity index (χ1n) is 7.12. The minimum Gasteiger partial charge on any atom is -0.347 e. The van der Waals surface area contributed by atoms with E-state index in [9.17, 15) is 9.59 Å². The van der Waals surface area contributed by atoms with Crippen molar-refractivity contribution in [1.82, 2.24) is 15.5 Å². The molecule has 0 aliphatic carbocycles. The van der Waals surface area contributed by atoms with Gasteiger partial charge in [0.05, 0.1) is 0 Å². The fourth-order valence-corrected chi connectivity index (χ4v) is 3.25. The first-order chi connectivity index (χ1) is 9.11. The molecule has 2 bridgehead atoms. The molecule has 0 saturated carbocycles. The Morgan fingerprint density at radius 1 is 1.21 bits per heavy atom. The predicted molar refractivity (Wildman–Crippen MR) is 72.4 cm³/mol. The quantitative estimate of drug-likeness (QED) is 0.584. The Morgan fingerprint density at radius 2 is 1.84 bits per heavy atom. The van der Waals surface area contributed by atoms with Crippen molar-refractivity contribution in [2.75, 3.05) is 20.1 Å². The van der Waals surface area contributed by atoms with Gasteiger partial charge in [0, 0.05) is 31.2 Å². The van der Waals surface area contributed by atoms with E-state index in [1.165, 1.54) is 19.3 Å². The normalized spacial score (nSPS) is 30.7. The Kier molecular flexibility index (Phi) is 4.76. The second-order valence-electron chi connectivity index (χ2n) is 5.59. The van der Waals surface area contributed by atoms with E-state index in [1.54, 1.807) is 0 Å². The first kappa shape index (κ1) is 14.3. The molecule has 2 aliphatic rings. The number of nitrogens with two attached hydrogens (primary N) is 1. The van der Waals surface area contributed by atoms with Gasteiger partial charge in [-0.05, 0) is 32.7 Å². The predicted octanol–water partition coefficient (Wildman–Crippen LogP) is -0.807. The lowest BCUT2D eigenvalue weighted by Gasteiger charge is -2.47. The summed E-state index contributed by atoms with van der Waals surface area (Å²) in [6, 6.07) is 1.22. The number of piperidine rings is 2. The Balaban J connectivity index is 1.83. The van der Waals surface area contributed by atoms with Gasteiger partial charge in [-0.15, -0.1) is 0 Å². The molecule has 19 heavy (non-hydrogen) atoms. The molecule has 0 spiro atoms. The zero-order valence-electron chi connectivity index (χ0n) is 11.5. The number of fused-ring (bicyclic) bond motifs is 2. The fourth-order valence-electron chi connectivity index (χ4n) is 3.25. The van der Waals surface area contributed by atoms with Crippen molar-refractivity contribution in [3.63, 3.8) is 0 Å². The minimum absolute atomic E-state index is 0.127. The van der Waals surface area contributed by atoms with E-state index in [2.05, 4.69) is 22.6 Å². The molecule has 6 heteroatoms. The molecule has 4 N–H and O–H groups in total. The van der Waals surface area contributed by atoms with E-state index < -0.39 is 11.8 Å². The molecule has 2 heterocycles. The van der Waals surface area contributed by atoms with E-state index in [4.69, 9.17) is 5.73 Å². The lowest BCUT2D eigenvalue weighted by molar-refractivity contribution is -0.140. The summed E-state index contributed by atoms with van der Waals surface area (Å²) in [6.07, 6.45) is 5.56. The maximum Gasteiger partial charge on any atom is 0.309 e. The third-order valence-corrected chi connectivity index (χ3v) is 4.31. The summed E-state index contributed by atoms with van der Waals surface area (Å²) < 4.78 is 0. The molecule has 0 aromatic heterocycles. The maximum absolute atomic E-state index is 11.7. The van der Waals surface area contributed by atoms with Gasteiger partial charge in [-0.25, -0.2) is 0 Å². The highest BCUT2D eigenvalue weighted by Crippen LogP contribution is 2.32. The lowest BCUT2D eigenvalue weighted by Crippen LogP contribution is -2.56. The minimum atomic E-state index is -0.575. The van der Waals surface area contributed by atoms with Crippen molar-refractivity contribution in [3.8, 4) is 0 Å². The van der Waals surface area contributed by atoms with Crippen LogP contribution in [0.3, 0.4) is 0 Å². The van der Waals surface area contributed by atoms with E-state index in [-0.39, 0.29) is 6.04 Å². The zero-order chi connectivity index (χ0) is 13.8. The van der Waals surface area contributed by atoms with Crippen molar-refractivity contribution in [2.24, 2.45) is 5.73 Å². The zero-order valence-corrected chi connectivity index (χ0v) is 11.5. The molecular weight excluding hydrogens is 244 g/mol. The van der Waals surface area contributed by atoms with Crippen LogP contribution in [-0.4, -0.2) is 55.0 Å². The van der Waals surface area contributed by atoms with Crippen LogP contribution in [0.2, 0.25) is 0 Å². The number of carbonyl (C=O) groups is 2. The number of carbonyl (C=O) groups excluding carboxylic acids is 2. The third-order valence-electron chi connectivity index (χ3n) is 4.31. The number of amides is 2. The largest absolute Gasteiger partial charge is 0.347 e. The summed E-state index contributed by atoms with van der Waals surface area (Å²) in [5, 5.41) is 5.35. The van der Waals surface area contributed by atoms with Gasteiger partial charge in [-0.1, -0.05) is 6.42 Å². The number of hydrogen-bond acceptors (Lipinski definition) is 4. The fraction of sp³-hybridized carbons (Fsp3) is 0.846. The van der Waals surface area contributed by atoms with Gasteiger partial charge < -0.3 is 21.3 Å². The molecule has 6 nitrogen and oxygen atoms in total. The summed E-state index contributed by atoms with van der Waals surface area (Å²) in [7, 11) is 2.17. The molecule has 2 saturated heterocycles. The van der Waals surface area contributed by atoms with Crippen molar-refractivity contribution < 1.29 is 9.59 Å². The molecule has 0 radical (unpaired) electrons. The number of nitrogens with zero attached hydrogens (tertiary/aromatic N) is 1. The molecule has 2 rings (SSSR count). The van der Waals surface area contributed by atoms with Crippen LogP contribution in [0, 0.1) is 0 Å². The first-order valence-corrected chi connectivity index (χ1v) is 7.12. The summed E-state index contributed by atoms with van der Waals surface area (Å²) >= 11 is 0. The number of hydrogen-bond donors (Lipinski definition) is 3. The molecule has 108 valence electrons. The van der Waals surface area contributed by atoms with Crippen LogP contribution >= 0.6 is 0 Å². The number of rotatable bonds is 3. The van der Waals surface area contributed by atoms with Crippen LogP contribution in [0.25, 0.3) is 0 Å². The molecule has 2 amide bonds. The topological polar surface area (TPSA) is 87.5 Å². The average molecular weight is 268 g/mol. The Labute approximate surface area is 114 Å². The van der Waals surface area contributed by atoms with Crippen LogP contribution in [0.5, 0.6) is 0 Å². The van der Waals surface area contributed by atoms with E-state index >= 15 is 0 Å². The van der Waals surface area contributed by atoms with Gasteiger partial charge >= 0.3 is 11.8 Å². The van der Waals surface area contributed by atoms with Crippen LogP contribution in [0.15, 0.2) is 0 Å². The SMILES string of the molecule is CN1C2CCCC1CC(NC(=O)C(=O)NCCN)C2. The molecule has 0 aromatic rings. The van der Waals surface area contributed by atoms with Gasteiger partial charge in [-0.3, -0.25) is 9.59 Å². The second kappa shape index (κ2) is 6.34. The van der Waals surface area contributed by atoms with Gasteiger partial charge in [0.15, 0.2) is 0 Å². The highest BCUT2D eigenvalue weighted by molar-refractivity contribution is 6.35. The van der Waals surface area contributed by atoms with Gasteiger partial charge in [0.25, 0.3) is 0 Å². The van der Waals surface area contributed by atoms with E-state index in [0.717, 1.165) is 12.8 Å². The molecule has 2 unspecified atom stereocenters. The molecule has 2 atom stereocenters. The summed E-state index contributed by atoms with van der Waals surface area (Å²) in [6.45, 7) is 0.683. The van der Waals surface area contributed by atoms with Crippen molar-refractivity contribution in [1.29, 1.82) is 0 Å². The molecule has 2 aliphatic heterocycles. The highest BCUT2D eigenvalue weighted by Gasteiger charge is 2.36. The standard InChI is InChI=1S/C13H24N4O2/c1-17-10-3-2-4-11(17)8-9(7-10)16-13(19)12(18)15-6-5-14/h9-11H,2-8,14H2,1H3,(H,15,18)(H,16,19). The monoisotopic (exact) mass is 268 g/mol. The highest BCUT2D eigenvalue weighted by atomic mass is 16.2. The van der Waals surface area contributed by atoms with Crippen LogP contribution in [0.4, 0.5) is 0 Å². The Bertz CT molecular complexity index is 334. The van der Waals surface area contributed by atoms with Crippen molar-refractivity contribution in [2.45, 2.75) is 50.2 Å². The molecule has 0 aromatic carbocycles. The van der Waals surface area contributed by atoms with Gasteiger partial charge in [0.2, 0.25) is 0 Å². The average Bonchev–Trinajstić information content (AvgIpc) is 2.37. The van der Waals surface area contributed by atoms with E-state index in [0.29, 0.717) is 25.2 Å². The van der Waals surface area contributed by atoms with Crippen LogP contribution in [0.1, 0.15) is 32.1 Å². The Morgan fingerprint density at radius 3 is 2.42 bits per heavy atom. The van der Waals surface area contributed by atoms with Gasteiger partial charge in [-0.2, -0.15) is 0 Å². The lowest BCUT2D eigenvalue weighted by atomic mass is 9.82. The van der Waals surface area contributed by atoms with Crippen LogP contribution < -0.4 is 16.4 Å². The molecular formula is C13H24N4O2. The van der Waals surface area contributed by atoms with Crippen molar-refractivity contribution in [3.05, 3.63) is 0 Å². The Hall–Kier alpha value is -1.14. The maximum atomic E-state index is 11.7. The van der Waals surface area contributed by atoms with Gasteiger partial charge in [0.1, 0.15) is 0 Å². The summed E-state index contributed by atoms with van der Waals surface area (Å²) in [4.78, 5) is 25.7. The van der Waals surface area contributed by atoms with E-state index in [1.807, 2.05) is 0 Å². The summed E-state index contributed by atoms with van der Waals surface area (Å²) in [5.41, 5.74) is 5.29.